The standard InChI is InChI=1S/C12H11BrF2O2/c1-2-17-11(16)8-6-12(8,15)7-3-4-9(13)10(14)5-7/h3-5,8H,2,6H2,1H3. The Morgan fingerprint density at radius 2 is 2.35 bits per heavy atom. The minimum Gasteiger partial charge on any atom is -0.466 e. The highest BCUT2D eigenvalue weighted by molar-refractivity contribution is 9.10. The van der Waals surface area contributed by atoms with Gasteiger partial charge in [0.2, 0.25) is 0 Å². The van der Waals surface area contributed by atoms with E-state index in [2.05, 4.69) is 15.9 Å². The summed E-state index contributed by atoms with van der Waals surface area (Å²) >= 11 is 3.00. The van der Waals surface area contributed by atoms with Crippen LogP contribution in [0.5, 0.6) is 0 Å². The molecule has 1 aliphatic carbocycles. The molecule has 2 nitrogen and oxygen atoms in total. The predicted molar refractivity (Wildman–Crippen MR) is 61.6 cm³/mol. The zero-order valence-electron chi connectivity index (χ0n) is 9.17. The van der Waals surface area contributed by atoms with Gasteiger partial charge in [-0.2, -0.15) is 0 Å². The van der Waals surface area contributed by atoms with Gasteiger partial charge in [-0.15, -0.1) is 0 Å². The quantitative estimate of drug-likeness (QED) is 0.801. The maximum Gasteiger partial charge on any atom is 0.312 e. The molecule has 0 N–H and O–H groups in total. The van der Waals surface area contributed by atoms with E-state index in [0.29, 0.717) is 0 Å². The number of hydrogen-bond donors (Lipinski definition) is 0. The van der Waals surface area contributed by atoms with E-state index in [4.69, 9.17) is 4.74 Å². The molecule has 0 spiro atoms. The van der Waals surface area contributed by atoms with Crippen LogP contribution < -0.4 is 0 Å². The molecular weight excluding hydrogens is 294 g/mol. The van der Waals surface area contributed by atoms with Crippen molar-refractivity contribution >= 4 is 21.9 Å². The Balaban J connectivity index is 2.19. The topological polar surface area (TPSA) is 26.3 Å². The molecule has 92 valence electrons. The fourth-order valence-corrected chi connectivity index (χ4v) is 2.07. The molecule has 5 heteroatoms. The van der Waals surface area contributed by atoms with Crippen molar-refractivity contribution in [2.24, 2.45) is 5.92 Å². The number of ether oxygens (including phenoxy) is 1. The van der Waals surface area contributed by atoms with Gasteiger partial charge in [0.25, 0.3) is 0 Å². The molecule has 0 aromatic heterocycles. The molecule has 1 aromatic rings. The van der Waals surface area contributed by atoms with E-state index in [1.54, 1.807) is 6.92 Å². The average molecular weight is 305 g/mol. The Labute approximate surface area is 106 Å². The van der Waals surface area contributed by atoms with Crippen LogP contribution in [0.1, 0.15) is 18.9 Å². The molecule has 1 fully saturated rings. The molecule has 0 heterocycles. The molecule has 2 unspecified atom stereocenters. The van der Waals surface area contributed by atoms with Crippen molar-refractivity contribution in [2.45, 2.75) is 19.0 Å². The second kappa shape index (κ2) is 4.37. The number of carbonyl (C=O) groups is 1. The van der Waals surface area contributed by atoms with Gasteiger partial charge in [-0.1, -0.05) is 6.07 Å². The normalized spacial score (nSPS) is 26.7. The summed E-state index contributed by atoms with van der Waals surface area (Å²) in [6, 6.07) is 4.03. The van der Waals surface area contributed by atoms with Crippen LogP contribution in [0.15, 0.2) is 22.7 Å². The molecule has 0 aliphatic heterocycles. The molecule has 17 heavy (non-hydrogen) atoms. The van der Waals surface area contributed by atoms with Crippen LogP contribution in [-0.4, -0.2) is 12.6 Å². The molecule has 1 aromatic carbocycles. The first-order valence-electron chi connectivity index (χ1n) is 5.30. The van der Waals surface area contributed by atoms with Gasteiger partial charge in [-0.05, 0) is 40.5 Å². The van der Waals surface area contributed by atoms with Crippen molar-refractivity contribution in [1.82, 2.24) is 0 Å². The van der Waals surface area contributed by atoms with Crippen molar-refractivity contribution < 1.29 is 18.3 Å². The van der Waals surface area contributed by atoms with Gasteiger partial charge < -0.3 is 4.74 Å². The van der Waals surface area contributed by atoms with Crippen molar-refractivity contribution in [3.63, 3.8) is 0 Å². The Kier molecular flexibility index (Phi) is 3.21. The molecule has 0 radical (unpaired) electrons. The second-order valence-corrected chi connectivity index (χ2v) is 4.85. The fraction of sp³-hybridized carbons (Fsp3) is 0.417. The van der Waals surface area contributed by atoms with Gasteiger partial charge in [0.05, 0.1) is 17.0 Å². The van der Waals surface area contributed by atoms with Crippen LogP contribution in [0, 0.1) is 11.7 Å². The van der Waals surface area contributed by atoms with Gasteiger partial charge in [0.15, 0.2) is 0 Å². The van der Waals surface area contributed by atoms with E-state index >= 15 is 0 Å². The van der Waals surface area contributed by atoms with E-state index in [1.165, 1.54) is 12.1 Å². The second-order valence-electron chi connectivity index (χ2n) is 4.00. The first-order valence-corrected chi connectivity index (χ1v) is 6.09. The number of rotatable bonds is 3. The Hall–Kier alpha value is -0.970. The van der Waals surface area contributed by atoms with Gasteiger partial charge >= 0.3 is 5.97 Å². The summed E-state index contributed by atoms with van der Waals surface area (Å²) in [7, 11) is 0. The van der Waals surface area contributed by atoms with E-state index in [0.717, 1.165) is 6.07 Å². The molecule has 0 bridgehead atoms. The monoisotopic (exact) mass is 304 g/mol. The van der Waals surface area contributed by atoms with Gasteiger partial charge in [-0.3, -0.25) is 4.79 Å². The van der Waals surface area contributed by atoms with Crippen LogP contribution in [0.4, 0.5) is 8.78 Å². The number of esters is 1. The van der Waals surface area contributed by atoms with Crippen molar-refractivity contribution in [2.75, 3.05) is 6.61 Å². The van der Waals surface area contributed by atoms with E-state index in [1.807, 2.05) is 0 Å². The zero-order chi connectivity index (χ0) is 12.6. The highest BCUT2D eigenvalue weighted by Gasteiger charge is 2.61. The third-order valence-electron chi connectivity index (χ3n) is 2.86. The number of alkyl halides is 1. The van der Waals surface area contributed by atoms with E-state index < -0.39 is 23.4 Å². The van der Waals surface area contributed by atoms with Gasteiger partial charge in [-0.25, -0.2) is 8.78 Å². The summed E-state index contributed by atoms with van der Waals surface area (Å²) in [6.07, 6.45) is 0.0624. The van der Waals surface area contributed by atoms with E-state index in [9.17, 15) is 13.6 Å². The molecule has 1 aliphatic rings. The largest absolute Gasteiger partial charge is 0.466 e. The maximum absolute atomic E-state index is 14.3. The number of benzene rings is 1. The number of carbonyl (C=O) groups excluding carboxylic acids is 1. The lowest BCUT2D eigenvalue weighted by Crippen LogP contribution is -2.13. The van der Waals surface area contributed by atoms with Gasteiger partial charge in [0, 0.05) is 6.42 Å². The highest BCUT2D eigenvalue weighted by Crippen LogP contribution is 2.56. The zero-order valence-corrected chi connectivity index (χ0v) is 10.8. The summed E-state index contributed by atoms with van der Waals surface area (Å²) in [5.74, 6) is -1.89. The first kappa shape index (κ1) is 12.5. The highest BCUT2D eigenvalue weighted by atomic mass is 79.9. The minimum atomic E-state index is -1.77. The number of halogens is 3. The SMILES string of the molecule is CCOC(=O)C1CC1(F)c1ccc(Br)c(F)c1. The van der Waals surface area contributed by atoms with Crippen molar-refractivity contribution in [3.05, 3.63) is 34.1 Å². The van der Waals surface area contributed by atoms with Crippen molar-refractivity contribution in [1.29, 1.82) is 0 Å². The molecular formula is C12H11BrF2O2. The number of hydrogen-bond acceptors (Lipinski definition) is 2. The summed E-state index contributed by atoms with van der Waals surface area (Å²) in [5, 5.41) is 0. The third-order valence-corrected chi connectivity index (χ3v) is 3.51. The van der Waals surface area contributed by atoms with Crippen LogP contribution in [0.25, 0.3) is 0 Å². The molecule has 0 saturated heterocycles. The average Bonchev–Trinajstić information content (AvgIpc) is 2.97. The molecule has 2 rings (SSSR count). The summed E-state index contributed by atoms with van der Waals surface area (Å²) in [4.78, 5) is 11.4. The van der Waals surface area contributed by atoms with E-state index in [-0.39, 0.29) is 23.1 Å². The summed E-state index contributed by atoms with van der Waals surface area (Å²) in [6.45, 7) is 1.89. The molecule has 1 saturated carbocycles. The summed E-state index contributed by atoms with van der Waals surface area (Å²) < 4.78 is 32.6. The minimum absolute atomic E-state index is 0.0624. The van der Waals surface area contributed by atoms with Gasteiger partial charge in [0.1, 0.15) is 11.5 Å². The maximum atomic E-state index is 14.3. The molecule has 0 amide bonds. The fourth-order valence-electron chi connectivity index (χ4n) is 1.82. The Morgan fingerprint density at radius 1 is 1.65 bits per heavy atom. The lowest BCUT2D eigenvalue weighted by Gasteiger charge is -2.08. The Morgan fingerprint density at radius 3 is 2.94 bits per heavy atom. The van der Waals surface area contributed by atoms with Crippen LogP contribution in [0.2, 0.25) is 0 Å². The smallest absolute Gasteiger partial charge is 0.312 e. The van der Waals surface area contributed by atoms with Crippen molar-refractivity contribution in [3.8, 4) is 0 Å². The van der Waals surface area contributed by atoms with Crippen LogP contribution in [0.3, 0.4) is 0 Å². The summed E-state index contributed by atoms with van der Waals surface area (Å²) in [5.41, 5.74) is -1.58. The van der Waals surface area contributed by atoms with Crippen LogP contribution in [-0.2, 0) is 15.2 Å². The predicted octanol–water partition coefficient (Wildman–Crippen LogP) is 3.34. The lowest BCUT2D eigenvalue weighted by atomic mass is 10.1. The molecule has 2 atom stereocenters. The first-order chi connectivity index (χ1) is 7.99. The third kappa shape index (κ3) is 2.20. The van der Waals surface area contributed by atoms with Crippen LogP contribution >= 0.6 is 15.9 Å². The Bertz CT molecular complexity index is 464. The lowest BCUT2D eigenvalue weighted by molar-refractivity contribution is -0.145.